The molecule has 2 N–H and O–H groups in total. The van der Waals surface area contributed by atoms with Crippen LogP contribution in [0.4, 0.5) is 17.3 Å². The SMILES string of the molecule is CC(C)C1CCN(c2cc([N+](=O)[O-])cc(N)n2)C1. The van der Waals surface area contributed by atoms with E-state index >= 15 is 0 Å². The molecule has 1 aromatic heterocycles. The summed E-state index contributed by atoms with van der Waals surface area (Å²) < 4.78 is 0. The van der Waals surface area contributed by atoms with Crippen LogP contribution in [0.15, 0.2) is 12.1 Å². The first-order valence-electron chi connectivity index (χ1n) is 6.14. The maximum absolute atomic E-state index is 10.8. The van der Waals surface area contributed by atoms with Gasteiger partial charge in [0.25, 0.3) is 5.69 Å². The molecule has 1 saturated heterocycles. The molecule has 0 bridgehead atoms. The Morgan fingerprint density at radius 1 is 1.56 bits per heavy atom. The minimum absolute atomic E-state index is 0.00509. The fourth-order valence-corrected chi connectivity index (χ4v) is 2.33. The third-order valence-electron chi connectivity index (χ3n) is 3.52. The molecular formula is C12H18N4O2. The van der Waals surface area contributed by atoms with Crippen molar-refractivity contribution in [2.24, 2.45) is 11.8 Å². The number of anilines is 2. The van der Waals surface area contributed by atoms with Crippen molar-refractivity contribution in [2.45, 2.75) is 20.3 Å². The van der Waals surface area contributed by atoms with Gasteiger partial charge in [-0.05, 0) is 18.3 Å². The summed E-state index contributed by atoms with van der Waals surface area (Å²) in [7, 11) is 0. The summed E-state index contributed by atoms with van der Waals surface area (Å²) in [6, 6.07) is 2.79. The van der Waals surface area contributed by atoms with Gasteiger partial charge in [-0.15, -0.1) is 0 Å². The lowest BCUT2D eigenvalue weighted by Crippen LogP contribution is -2.22. The Kier molecular flexibility index (Phi) is 3.36. The summed E-state index contributed by atoms with van der Waals surface area (Å²) in [5, 5.41) is 10.8. The van der Waals surface area contributed by atoms with Gasteiger partial charge in [0.15, 0.2) is 0 Å². The van der Waals surface area contributed by atoms with Gasteiger partial charge in [0.2, 0.25) is 0 Å². The number of nitrogens with zero attached hydrogens (tertiary/aromatic N) is 3. The van der Waals surface area contributed by atoms with E-state index in [1.54, 1.807) is 0 Å². The molecule has 2 heterocycles. The van der Waals surface area contributed by atoms with Crippen molar-refractivity contribution in [1.82, 2.24) is 4.98 Å². The predicted molar refractivity (Wildman–Crippen MR) is 70.5 cm³/mol. The second-order valence-corrected chi connectivity index (χ2v) is 5.10. The highest BCUT2D eigenvalue weighted by molar-refractivity contribution is 5.54. The van der Waals surface area contributed by atoms with Crippen LogP contribution in [0.1, 0.15) is 20.3 Å². The van der Waals surface area contributed by atoms with Gasteiger partial charge in [-0.3, -0.25) is 10.1 Å². The van der Waals surface area contributed by atoms with E-state index in [2.05, 4.69) is 23.7 Å². The molecule has 0 aromatic carbocycles. The van der Waals surface area contributed by atoms with Crippen molar-refractivity contribution in [3.8, 4) is 0 Å². The largest absolute Gasteiger partial charge is 0.383 e. The van der Waals surface area contributed by atoms with Crippen molar-refractivity contribution >= 4 is 17.3 Å². The summed E-state index contributed by atoms with van der Waals surface area (Å²) in [6.07, 6.45) is 1.10. The Balaban J connectivity index is 2.21. The van der Waals surface area contributed by atoms with Gasteiger partial charge in [0, 0.05) is 13.1 Å². The molecule has 1 fully saturated rings. The molecule has 6 nitrogen and oxygen atoms in total. The van der Waals surface area contributed by atoms with Crippen LogP contribution in [0, 0.1) is 22.0 Å². The van der Waals surface area contributed by atoms with Gasteiger partial charge in [-0.1, -0.05) is 13.8 Å². The Hall–Kier alpha value is -1.85. The smallest absolute Gasteiger partial charge is 0.276 e. The lowest BCUT2D eigenvalue weighted by Gasteiger charge is -2.19. The summed E-state index contributed by atoms with van der Waals surface area (Å²) in [5.74, 6) is 2.05. The molecular weight excluding hydrogens is 232 g/mol. The monoisotopic (exact) mass is 250 g/mol. The van der Waals surface area contributed by atoms with E-state index in [-0.39, 0.29) is 11.5 Å². The summed E-state index contributed by atoms with van der Waals surface area (Å²) >= 11 is 0. The van der Waals surface area contributed by atoms with Gasteiger partial charge in [-0.2, -0.15) is 0 Å². The van der Waals surface area contributed by atoms with Crippen LogP contribution < -0.4 is 10.6 Å². The third kappa shape index (κ3) is 2.52. The lowest BCUT2D eigenvalue weighted by atomic mass is 9.95. The highest BCUT2D eigenvalue weighted by atomic mass is 16.6. The molecule has 1 aromatic rings. The first-order valence-corrected chi connectivity index (χ1v) is 6.14. The van der Waals surface area contributed by atoms with Crippen molar-refractivity contribution in [3.05, 3.63) is 22.2 Å². The third-order valence-corrected chi connectivity index (χ3v) is 3.52. The summed E-state index contributed by atoms with van der Waals surface area (Å²) in [6.45, 7) is 6.18. The number of nitro groups is 1. The van der Waals surface area contributed by atoms with Crippen LogP contribution in [-0.4, -0.2) is 23.0 Å². The number of nitrogens with two attached hydrogens (primary N) is 1. The van der Waals surface area contributed by atoms with Crippen LogP contribution in [-0.2, 0) is 0 Å². The number of nitrogen functional groups attached to an aromatic ring is 1. The van der Waals surface area contributed by atoms with Crippen LogP contribution in [0.2, 0.25) is 0 Å². The number of rotatable bonds is 3. The second-order valence-electron chi connectivity index (χ2n) is 5.10. The van der Waals surface area contributed by atoms with E-state index in [4.69, 9.17) is 5.73 Å². The minimum Gasteiger partial charge on any atom is -0.383 e. The average Bonchev–Trinajstić information content (AvgIpc) is 2.77. The average molecular weight is 250 g/mol. The maximum atomic E-state index is 10.8. The van der Waals surface area contributed by atoms with Crippen LogP contribution in [0.25, 0.3) is 0 Å². The molecule has 0 spiro atoms. The molecule has 1 unspecified atom stereocenters. The quantitative estimate of drug-likeness (QED) is 0.655. The van der Waals surface area contributed by atoms with Gasteiger partial charge in [0.1, 0.15) is 11.6 Å². The van der Waals surface area contributed by atoms with E-state index in [9.17, 15) is 10.1 Å². The molecule has 1 aliphatic heterocycles. The fourth-order valence-electron chi connectivity index (χ4n) is 2.33. The normalized spacial score (nSPS) is 19.5. The summed E-state index contributed by atoms with van der Waals surface area (Å²) in [4.78, 5) is 16.6. The van der Waals surface area contributed by atoms with E-state index < -0.39 is 4.92 Å². The van der Waals surface area contributed by atoms with Crippen molar-refractivity contribution < 1.29 is 4.92 Å². The van der Waals surface area contributed by atoms with Crippen LogP contribution >= 0.6 is 0 Å². The van der Waals surface area contributed by atoms with Crippen LogP contribution in [0.5, 0.6) is 0 Å². The first kappa shape index (κ1) is 12.6. The molecule has 0 aliphatic carbocycles. The maximum Gasteiger partial charge on any atom is 0.276 e. The zero-order valence-corrected chi connectivity index (χ0v) is 10.7. The van der Waals surface area contributed by atoms with E-state index in [0.717, 1.165) is 19.5 Å². The zero-order valence-electron chi connectivity index (χ0n) is 10.7. The molecule has 2 rings (SSSR count). The highest BCUT2D eigenvalue weighted by Crippen LogP contribution is 2.29. The molecule has 98 valence electrons. The number of hydrogen-bond donors (Lipinski definition) is 1. The molecule has 0 amide bonds. The molecule has 0 saturated carbocycles. The predicted octanol–water partition coefficient (Wildman–Crippen LogP) is 2.05. The lowest BCUT2D eigenvalue weighted by molar-refractivity contribution is -0.384. The standard InChI is InChI=1S/C12H18N4O2/c1-8(2)9-3-4-15(7-9)12-6-10(16(17)18)5-11(13)14-12/h5-6,8-9H,3-4,7H2,1-2H3,(H2,13,14). The van der Waals surface area contributed by atoms with Gasteiger partial charge < -0.3 is 10.6 Å². The van der Waals surface area contributed by atoms with Crippen LogP contribution in [0.3, 0.4) is 0 Å². The Bertz CT molecular complexity index is 461. The molecule has 1 atom stereocenters. The molecule has 6 heteroatoms. The second kappa shape index (κ2) is 4.80. The Morgan fingerprint density at radius 3 is 2.83 bits per heavy atom. The van der Waals surface area contributed by atoms with Crippen molar-refractivity contribution in [2.75, 3.05) is 23.7 Å². The van der Waals surface area contributed by atoms with E-state index in [1.165, 1.54) is 12.1 Å². The number of hydrogen-bond acceptors (Lipinski definition) is 5. The Labute approximate surface area is 106 Å². The highest BCUT2D eigenvalue weighted by Gasteiger charge is 2.26. The zero-order chi connectivity index (χ0) is 13.3. The Morgan fingerprint density at radius 2 is 2.28 bits per heavy atom. The van der Waals surface area contributed by atoms with Gasteiger partial charge >= 0.3 is 0 Å². The van der Waals surface area contributed by atoms with Gasteiger partial charge in [-0.25, -0.2) is 4.98 Å². The molecule has 0 radical (unpaired) electrons. The summed E-state index contributed by atoms with van der Waals surface area (Å²) in [5.41, 5.74) is 5.62. The minimum atomic E-state index is -0.433. The molecule has 18 heavy (non-hydrogen) atoms. The fraction of sp³-hybridized carbons (Fsp3) is 0.583. The van der Waals surface area contributed by atoms with Gasteiger partial charge in [0.05, 0.1) is 17.1 Å². The van der Waals surface area contributed by atoms with E-state index in [1.807, 2.05) is 0 Å². The topological polar surface area (TPSA) is 85.3 Å². The first-order chi connectivity index (χ1) is 8.47. The van der Waals surface area contributed by atoms with E-state index in [0.29, 0.717) is 17.7 Å². The number of aromatic nitrogens is 1. The molecule has 1 aliphatic rings. The van der Waals surface area contributed by atoms with Crippen molar-refractivity contribution in [3.63, 3.8) is 0 Å². The number of pyridine rings is 1. The van der Waals surface area contributed by atoms with Crippen molar-refractivity contribution in [1.29, 1.82) is 0 Å².